The maximum atomic E-state index is 13.1. The Hall–Kier alpha value is -2.98. The van der Waals surface area contributed by atoms with E-state index in [1.165, 1.54) is 0 Å². The van der Waals surface area contributed by atoms with Crippen LogP contribution in [0, 0.1) is 0 Å². The second-order valence-electron chi connectivity index (χ2n) is 7.25. The van der Waals surface area contributed by atoms with Crippen LogP contribution in [0.25, 0.3) is 10.9 Å². The zero-order valence-corrected chi connectivity index (χ0v) is 16.1. The molecule has 0 saturated carbocycles. The van der Waals surface area contributed by atoms with Crippen LogP contribution in [-0.2, 0) is 11.3 Å². The van der Waals surface area contributed by atoms with Gasteiger partial charge in [-0.1, -0.05) is 0 Å². The predicted octanol–water partition coefficient (Wildman–Crippen LogP) is 1.07. The molecule has 0 bridgehead atoms. The molecule has 10 heteroatoms. The Morgan fingerprint density at radius 1 is 1.21 bits per heavy atom. The molecular weight excluding hydrogens is 376 g/mol. The number of likely N-dealkylation sites (tertiary alicyclic amines) is 1. The van der Waals surface area contributed by atoms with E-state index in [4.69, 9.17) is 14.2 Å². The highest BCUT2D eigenvalue weighted by Gasteiger charge is 2.32. The fourth-order valence-electron chi connectivity index (χ4n) is 4.06. The average molecular weight is 398 g/mol. The minimum absolute atomic E-state index is 0.158. The van der Waals surface area contributed by atoms with E-state index < -0.39 is 0 Å². The number of methoxy groups -OCH3 is 1. The third-order valence-electron chi connectivity index (χ3n) is 5.48. The quantitative estimate of drug-likeness (QED) is 0.657. The minimum Gasteiger partial charge on any atom is -0.454 e. The second kappa shape index (κ2) is 7.45. The molecule has 1 fully saturated rings. The molecule has 1 saturated heterocycles. The third kappa shape index (κ3) is 3.23. The first kappa shape index (κ1) is 18.1. The van der Waals surface area contributed by atoms with Crippen molar-refractivity contribution in [1.29, 1.82) is 0 Å². The van der Waals surface area contributed by atoms with Crippen molar-refractivity contribution in [2.45, 2.75) is 25.4 Å². The van der Waals surface area contributed by atoms with Gasteiger partial charge in [-0.2, -0.15) is 0 Å². The molecule has 152 valence electrons. The van der Waals surface area contributed by atoms with E-state index in [2.05, 4.69) is 25.4 Å². The number of nitrogens with one attached hydrogen (secondary N) is 1. The number of aromatic amines is 1. The van der Waals surface area contributed by atoms with E-state index in [-0.39, 0.29) is 18.4 Å². The van der Waals surface area contributed by atoms with Crippen LogP contribution in [0.5, 0.6) is 11.5 Å². The van der Waals surface area contributed by atoms with Gasteiger partial charge >= 0.3 is 0 Å². The van der Waals surface area contributed by atoms with Gasteiger partial charge in [-0.3, -0.25) is 9.69 Å². The molecule has 0 spiro atoms. The lowest BCUT2D eigenvalue weighted by Gasteiger charge is -2.26. The summed E-state index contributed by atoms with van der Waals surface area (Å²) < 4.78 is 17.8. The fraction of sp³-hybridized carbons (Fsp3) is 0.474. The normalized spacial score (nSPS) is 17.3. The number of ether oxygens (including phenoxy) is 3. The van der Waals surface area contributed by atoms with Crippen LogP contribution < -0.4 is 15.0 Å². The van der Waals surface area contributed by atoms with E-state index in [1.807, 2.05) is 12.1 Å². The summed E-state index contributed by atoms with van der Waals surface area (Å²) in [6, 6.07) is 5.28. The number of rotatable bonds is 6. The second-order valence-corrected chi connectivity index (χ2v) is 7.25. The Kier molecular flexibility index (Phi) is 4.64. The largest absolute Gasteiger partial charge is 0.454 e. The topological polar surface area (TPSA) is 107 Å². The van der Waals surface area contributed by atoms with Gasteiger partial charge in [-0.25, -0.2) is 4.68 Å². The summed E-state index contributed by atoms with van der Waals surface area (Å²) in [6.07, 6.45) is 2.17. The summed E-state index contributed by atoms with van der Waals surface area (Å²) in [7, 11) is 1.64. The standard InChI is InChI=1S/C19H22N6O4/c1-27-7-6-25-18(21-22-23-25)17(24-4-2-3-5-24)13-8-12-9-15-16(29-11-28-15)10-14(12)20-19(13)26/h8-10,17H,2-7,11H2,1H3,(H,20,26)/t17-/m0/s1. The number of hydrogen-bond donors (Lipinski definition) is 1. The first-order valence-corrected chi connectivity index (χ1v) is 9.70. The molecule has 10 nitrogen and oxygen atoms in total. The van der Waals surface area contributed by atoms with Crippen molar-refractivity contribution in [1.82, 2.24) is 30.1 Å². The summed E-state index contributed by atoms with van der Waals surface area (Å²) in [4.78, 5) is 18.4. The molecule has 2 aliphatic rings. The molecular formula is C19H22N6O4. The number of pyridine rings is 1. The van der Waals surface area contributed by atoms with E-state index in [9.17, 15) is 4.79 Å². The molecule has 1 atom stereocenters. The first-order chi connectivity index (χ1) is 14.2. The molecule has 0 amide bonds. The number of tetrazole rings is 1. The summed E-state index contributed by atoms with van der Waals surface area (Å²) in [5, 5.41) is 13.1. The van der Waals surface area contributed by atoms with Gasteiger partial charge in [0, 0.05) is 24.1 Å². The lowest BCUT2D eigenvalue weighted by Crippen LogP contribution is -2.33. The average Bonchev–Trinajstić information content (AvgIpc) is 3.48. The smallest absolute Gasteiger partial charge is 0.253 e. The third-order valence-corrected chi connectivity index (χ3v) is 5.48. The van der Waals surface area contributed by atoms with Crippen molar-refractivity contribution in [2.75, 3.05) is 33.6 Å². The zero-order chi connectivity index (χ0) is 19.8. The van der Waals surface area contributed by atoms with Crippen LogP contribution in [0.2, 0.25) is 0 Å². The predicted molar refractivity (Wildman–Crippen MR) is 103 cm³/mol. The number of nitrogens with zero attached hydrogens (tertiary/aromatic N) is 5. The van der Waals surface area contributed by atoms with Gasteiger partial charge in [-0.15, -0.1) is 5.10 Å². The van der Waals surface area contributed by atoms with Gasteiger partial charge in [0.1, 0.15) is 6.04 Å². The van der Waals surface area contributed by atoms with Crippen molar-refractivity contribution >= 4 is 10.9 Å². The van der Waals surface area contributed by atoms with Gasteiger partial charge in [0.2, 0.25) is 6.79 Å². The van der Waals surface area contributed by atoms with Gasteiger partial charge in [-0.05, 0) is 48.5 Å². The van der Waals surface area contributed by atoms with Crippen LogP contribution in [-0.4, -0.2) is 63.7 Å². The number of hydrogen-bond acceptors (Lipinski definition) is 8. The Morgan fingerprint density at radius 2 is 2.00 bits per heavy atom. The molecule has 5 rings (SSSR count). The molecule has 2 aromatic heterocycles. The monoisotopic (exact) mass is 398 g/mol. The van der Waals surface area contributed by atoms with Crippen molar-refractivity contribution in [3.63, 3.8) is 0 Å². The lowest BCUT2D eigenvalue weighted by molar-refractivity contribution is 0.174. The Balaban J connectivity index is 1.63. The number of H-pyrrole nitrogens is 1. The highest BCUT2D eigenvalue weighted by Crippen LogP contribution is 2.36. The molecule has 2 aliphatic heterocycles. The van der Waals surface area contributed by atoms with Crippen molar-refractivity contribution < 1.29 is 14.2 Å². The molecule has 0 aliphatic carbocycles. The van der Waals surface area contributed by atoms with Crippen LogP contribution in [0.1, 0.15) is 30.3 Å². The molecule has 0 radical (unpaired) electrons. The van der Waals surface area contributed by atoms with Gasteiger partial charge in [0.25, 0.3) is 5.56 Å². The van der Waals surface area contributed by atoms with Crippen molar-refractivity contribution in [3.05, 3.63) is 39.9 Å². The van der Waals surface area contributed by atoms with Crippen molar-refractivity contribution in [3.8, 4) is 11.5 Å². The van der Waals surface area contributed by atoms with E-state index in [0.29, 0.717) is 41.6 Å². The lowest BCUT2D eigenvalue weighted by atomic mass is 10.0. The van der Waals surface area contributed by atoms with E-state index in [1.54, 1.807) is 17.9 Å². The zero-order valence-electron chi connectivity index (χ0n) is 16.1. The Morgan fingerprint density at radius 3 is 2.79 bits per heavy atom. The molecule has 3 aromatic rings. The number of benzene rings is 1. The Bertz CT molecular complexity index is 1090. The highest BCUT2D eigenvalue weighted by molar-refractivity contribution is 5.83. The summed E-state index contributed by atoms with van der Waals surface area (Å²) in [5.41, 5.74) is 1.17. The Labute approximate surface area is 166 Å². The SMILES string of the molecule is COCCn1nnnc1[C@H](c1cc2cc3c(cc2[nH]c1=O)OCO3)N1CCCC1. The fourth-order valence-corrected chi connectivity index (χ4v) is 4.06. The van der Waals surface area contributed by atoms with Crippen LogP contribution in [0.4, 0.5) is 0 Å². The molecule has 1 N–H and O–H groups in total. The summed E-state index contributed by atoms with van der Waals surface area (Å²) in [6.45, 7) is 2.98. The maximum Gasteiger partial charge on any atom is 0.253 e. The van der Waals surface area contributed by atoms with Crippen LogP contribution >= 0.6 is 0 Å². The number of fused-ring (bicyclic) bond motifs is 2. The first-order valence-electron chi connectivity index (χ1n) is 9.70. The van der Waals surface area contributed by atoms with E-state index >= 15 is 0 Å². The summed E-state index contributed by atoms with van der Waals surface area (Å²) >= 11 is 0. The van der Waals surface area contributed by atoms with Crippen molar-refractivity contribution in [2.24, 2.45) is 0 Å². The summed E-state index contributed by atoms with van der Waals surface area (Å²) in [5.74, 6) is 1.97. The van der Waals surface area contributed by atoms with Crippen LogP contribution in [0.3, 0.4) is 0 Å². The van der Waals surface area contributed by atoms with Gasteiger partial charge < -0.3 is 19.2 Å². The highest BCUT2D eigenvalue weighted by atomic mass is 16.7. The van der Waals surface area contributed by atoms with Gasteiger partial charge in [0.15, 0.2) is 17.3 Å². The molecule has 0 unspecified atom stereocenters. The van der Waals surface area contributed by atoms with Gasteiger partial charge in [0.05, 0.1) is 18.7 Å². The molecule has 29 heavy (non-hydrogen) atoms. The van der Waals surface area contributed by atoms with E-state index in [0.717, 1.165) is 31.3 Å². The molecule has 1 aromatic carbocycles. The molecule has 4 heterocycles. The minimum atomic E-state index is -0.331. The van der Waals surface area contributed by atoms with Crippen LogP contribution in [0.15, 0.2) is 23.0 Å². The maximum absolute atomic E-state index is 13.1. The number of aromatic nitrogens is 5.